The molecule has 0 saturated heterocycles. The SMILES string of the molecule is CC(NS(=O)(=O)c1ccccc1C#N)c1cccc(N)c1. The van der Waals surface area contributed by atoms with E-state index in [4.69, 9.17) is 11.0 Å². The van der Waals surface area contributed by atoms with Crippen LogP contribution in [-0.2, 0) is 10.0 Å². The first kappa shape index (κ1) is 15.0. The molecule has 5 nitrogen and oxygen atoms in total. The molecule has 6 heteroatoms. The highest BCUT2D eigenvalue weighted by molar-refractivity contribution is 7.89. The van der Waals surface area contributed by atoms with E-state index in [1.54, 1.807) is 43.3 Å². The molecular formula is C15H15N3O2S. The average Bonchev–Trinajstić information content (AvgIpc) is 2.46. The van der Waals surface area contributed by atoms with Crippen molar-refractivity contribution in [3.05, 3.63) is 59.7 Å². The number of nitrogens with two attached hydrogens (primary N) is 1. The maximum Gasteiger partial charge on any atom is 0.242 e. The Bertz CT molecular complexity index is 795. The topological polar surface area (TPSA) is 96.0 Å². The highest BCUT2D eigenvalue weighted by atomic mass is 32.2. The van der Waals surface area contributed by atoms with Gasteiger partial charge >= 0.3 is 0 Å². The molecule has 2 rings (SSSR count). The fourth-order valence-electron chi connectivity index (χ4n) is 1.99. The highest BCUT2D eigenvalue weighted by Gasteiger charge is 2.21. The zero-order chi connectivity index (χ0) is 15.5. The van der Waals surface area contributed by atoms with Crippen LogP contribution in [0.15, 0.2) is 53.4 Å². The number of sulfonamides is 1. The van der Waals surface area contributed by atoms with Crippen molar-refractivity contribution in [3.8, 4) is 6.07 Å². The summed E-state index contributed by atoms with van der Waals surface area (Å²) in [5, 5.41) is 9.01. The van der Waals surface area contributed by atoms with E-state index in [0.29, 0.717) is 5.69 Å². The first-order valence-corrected chi connectivity index (χ1v) is 7.79. The van der Waals surface area contributed by atoms with E-state index in [2.05, 4.69) is 4.72 Å². The summed E-state index contributed by atoms with van der Waals surface area (Å²) in [5.74, 6) is 0. The van der Waals surface area contributed by atoms with Gasteiger partial charge in [-0.15, -0.1) is 0 Å². The van der Waals surface area contributed by atoms with Crippen LogP contribution in [0.25, 0.3) is 0 Å². The zero-order valence-corrected chi connectivity index (χ0v) is 12.3. The number of hydrogen-bond donors (Lipinski definition) is 2. The van der Waals surface area contributed by atoms with Crippen LogP contribution in [0, 0.1) is 11.3 Å². The van der Waals surface area contributed by atoms with Gasteiger partial charge in [0, 0.05) is 11.7 Å². The third-order valence-electron chi connectivity index (χ3n) is 3.04. The smallest absolute Gasteiger partial charge is 0.242 e. The molecule has 0 aliphatic rings. The summed E-state index contributed by atoms with van der Waals surface area (Å²) in [7, 11) is -3.78. The number of hydrogen-bond acceptors (Lipinski definition) is 4. The van der Waals surface area contributed by atoms with Crippen molar-refractivity contribution in [2.45, 2.75) is 17.9 Å². The highest BCUT2D eigenvalue weighted by Crippen LogP contribution is 2.20. The summed E-state index contributed by atoms with van der Waals surface area (Å²) in [5.41, 5.74) is 7.14. The van der Waals surface area contributed by atoms with Crippen LogP contribution >= 0.6 is 0 Å². The molecule has 0 saturated carbocycles. The molecular weight excluding hydrogens is 286 g/mol. The fourth-order valence-corrected chi connectivity index (χ4v) is 3.38. The molecule has 1 atom stereocenters. The Hall–Kier alpha value is -2.36. The first-order valence-electron chi connectivity index (χ1n) is 6.31. The lowest BCUT2D eigenvalue weighted by Crippen LogP contribution is -2.27. The number of nitrogen functional groups attached to an aromatic ring is 1. The fraction of sp³-hybridized carbons (Fsp3) is 0.133. The van der Waals surface area contributed by atoms with E-state index in [9.17, 15) is 8.42 Å². The Balaban J connectivity index is 2.32. The van der Waals surface area contributed by atoms with Gasteiger partial charge in [0.15, 0.2) is 0 Å². The van der Waals surface area contributed by atoms with Gasteiger partial charge in [0.25, 0.3) is 0 Å². The molecule has 0 amide bonds. The van der Waals surface area contributed by atoms with E-state index in [1.165, 1.54) is 12.1 Å². The largest absolute Gasteiger partial charge is 0.399 e. The summed E-state index contributed by atoms with van der Waals surface area (Å²) < 4.78 is 27.3. The Morgan fingerprint density at radius 3 is 2.57 bits per heavy atom. The Morgan fingerprint density at radius 2 is 1.90 bits per heavy atom. The Kier molecular flexibility index (Phi) is 4.26. The normalized spacial score (nSPS) is 12.6. The van der Waals surface area contributed by atoms with Gasteiger partial charge in [0.1, 0.15) is 6.07 Å². The van der Waals surface area contributed by atoms with E-state index in [0.717, 1.165) is 5.56 Å². The minimum absolute atomic E-state index is 0.0248. The molecule has 1 unspecified atom stereocenters. The zero-order valence-electron chi connectivity index (χ0n) is 11.4. The second-order valence-electron chi connectivity index (χ2n) is 4.62. The number of benzene rings is 2. The van der Waals surface area contributed by atoms with Crippen LogP contribution in [0.2, 0.25) is 0 Å². The second-order valence-corrected chi connectivity index (χ2v) is 6.30. The molecule has 108 valence electrons. The second kappa shape index (κ2) is 5.95. The van der Waals surface area contributed by atoms with Crippen molar-refractivity contribution >= 4 is 15.7 Å². The lowest BCUT2D eigenvalue weighted by atomic mass is 10.1. The molecule has 21 heavy (non-hydrogen) atoms. The summed E-state index contributed by atoms with van der Waals surface area (Å²) in [6.07, 6.45) is 0. The summed E-state index contributed by atoms with van der Waals surface area (Å²) in [4.78, 5) is -0.0248. The van der Waals surface area contributed by atoms with Crippen LogP contribution < -0.4 is 10.5 Å². The summed E-state index contributed by atoms with van der Waals surface area (Å²) >= 11 is 0. The van der Waals surface area contributed by atoms with E-state index >= 15 is 0 Å². The number of nitrogens with one attached hydrogen (secondary N) is 1. The van der Waals surface area contributed by atoms with Gasteiger partial charge in [-0.2, -0.15) is 5.26 Å². The molecule has 0 bridgehead atoms. The van der Waals surface area contributed by atoms with Gasteiger partial charge < -0.3 is 5.73 Å². The quantitative estimate of drug-likeness (QED) is 0.846. The van der Waals surface area contributed by atoms with E-state index in [1.807, 2.05) is 6.07 Å². The third kappa shape index (κ3) is 3.40. The van der Waals surface area contributed by atoms with Crippen molar-refractivity contribution in [2.75, 3.05) is 5.73 Å². The van der Waals surface area contributed by atoms with Crippen molar-refractivity contribution in [3.63, 3.8) is 0 Å². The Morgan fingerprint density at radius 1 is 1.19 bits per heavy atom. The van der Waals surface area contributed by atoms with Gasteiger partial charge in [-0.05, 0) is 36.8 Å². The van der Waals surface area contributed by atoms with Crippen LogP contribution in [-0.4, -0.2) is 8.42 Å². The lowest BCUT2D eigenvalue weighted by molar-refractivity contribution is 0.566. The van der Waals surface area contributed by atoms with Crippen molar-refractivity contribution in [1.29, 1.82) is 5.26 Å². The van der Waals surface area contributed by atoms with Crippen LogP contribution in [0.3, 0.4) is 0 Å². The molecule has 0 spiro atoms. The molecule has 0 aliphatic carbocycles. The predicted molar refractivity (Wildman–Crippen MR) is 80.7 cm³/mol. The van der Waals surface area contributed by atoms with Crippen LogP contribution in [0.1, 0.15) is 24.1 Å². The monoisotopic (exact) mass is 301 g/mol. The minimum atomic E-state index is -3.78. The number of rotatable bonds is 4. The molecule has 0 fully saturated rings. The van der Waals surface area contributed by atoms with E-state index < -0.39 is 16.1 Å². The average molecular weight is 301 g/mol. The van der Waals surface area contributed by atoms with Gasteiger partial charge in [-0.3, -0.25) is 0 Å². The molecule has 2 aromatic carbocycles. The van der Waals surface area contributed by atoms with Crippen molar-refractivity contribution in [2.24, 2.45) is 0 Å². The molecule has 0 aliphatic heterocycles. The number of nitriles is 1. The van der Waals surface area contributed by atoms with Crippen LogP contribution in [0.4, 0.5) is 5.69 Å². The Labute approximate surface area is 124 Å². The van der Waals surface area contributed by atoms with Gasteiger partial charge in [0.2, 0.25) is 10.0 Å². The first-order chi connectivity index (χ1) is 9.94. The molecule has 3 N–H and O–H groups in total. The molecule has 0 aromatic heterocycles. The summed E-state index contributed by atoms with van der Waals surface area (Å²) in [6, 6.07) is 14.5. The lowest BCUT2D eigenvalue weighted by Gasteiger charge is -2.15. The van der Waals surface area contributed by atoms with Crippen molar-refractivity contribution in [1.82, 2.24) is 4.72 Å². The maximum absolute atomic E-state index is 12.4. The van der Waals surface area contributed by atoms with Gasteiger partial charge in [0.05, 0.1) is 10.5 Å². The number of anilines is 1. The van der Waals surface area contributed by atoms with Gasteiger partial charge in [-0.25, -0.2) is 13.1 Å². The summed E-state index contributed by atoms with van der Waals surface area (Å²) in [6.45, 7) is 1.72. The minimum Gasteiger partial charge on any atom is -0.399 e. The van der Waals surface area contributed by atoms with Crippen LogP contribution in [0.5, 0.6) is 0 Å². The number of nitrogens with zero attached hydrogens (tertiary/aromatic N) is 1. The standard InChI is InChI=1S/C15H15N3O2S/c1-11(12-6-4-7-14(17)9-12)18-21(19,20)15-8-3-2-5-13(15)10-16/h2-9,11,18H,17H2,1H3. The third-order valence-corrected chi connectivity index (χ3v) is 4.64. The molecule has 2 aromatic rings. The molecule has 0 heterocycles. The van der Waals surface area contributed by atoms with Gasteiger partial charge in [-0.1, -0.05) is 24.3 Å². The molecule has 0 radical (unpaired) electrons. The van der Waals surface area contributed by atoms with E-state index in [-0.39, 0.29) is 10.5 Å². The predicted octanol–water partition coefficient (Wildman–Crippen LogP) is 2.18. The van der Waals surface area contributed by atoms with Crippen molar-refractivity contribution < 1.29 is 8.42 Å². The maximum atomic E-state index is 12.4.